The van der Waals surface area contributed by atoms with Crippen molar-refractivity contribution in [1.29, 1.82) is 0 Å². The van der Waals surface area contributed by atoms with Crippen LogP contribution in [0.1, 0.15) is 34.6 Å². The summed E-state index contributed by atoms with van der Waals surface area (Å²) in [6.07, 6.45) is 2.69. The summed E-state index contributed by atoms with van der Waals surface area (Å²) in [5, 5.41) is 3.72. The van der Waals surface area contributed by atoms with Gasteiger partial charge in [-0.05, 0) is 43.2 Å². The van der Waals surface area contributed by atoms with Crippen LogP contribution in [0.5, 0.6) is 0 Å². The highest BCUT2D eigenvalue weighted by Crippen LogP contribution is 2.28. The van der Waals surface area contributed by atoms with Crippen molar-refractivity contribution < 1.29 is 13.2 Å². The number of rotatable bonds is 5. The standard InChI is InChI=1S/C20H20ClN3O3S2/c21-15-9-8-14(12-18(15)29(26,27)24-10-4-1-5-11-24)20(25)22-13-19-23-16-6-2-3-7-17(16)28-19/h2-3,6-9,12H,1,4-5,10-11,13H2,(H,22,25). The Hall–Kier alpha value is -2.00. The number of amides is 1. The molecule has 6 nitrogen and oxygen atoms in total. The summed E-state index contributed by atoms with van der Waals surface area (Å²) in [6, 6.07) is 12.1. The molecule has 1 N–H and O–H groups in total. The van der Waals surface area contributed by atoms with Gasteiger partial charge in [-0.1, -0.05) is 30.2 Å². The van der Waals surface area contributed by atoms with Crippen molar-refractivity contribution in [3.63, 3.8) is 0 Å². The van der Waals surface area contributed by atoms with E-state index in [1.54, 1.807) is 0 Å². The second kappa shape index (κ2) is 8.39. The molecule has 152 valence electrons. The van der Waals surface area contributed by atoms with Crippen LogP contribution in [0.2, 0.25) is 5.02 Å². The van der Waals surface area contributed by atoms with E-state index in [1.807, 2.05) is 24.3 Å². The van der Waals surface area contributed by atoms with E-state index in [0.717, 1.165) is 34.5 Å². The summed E-state index contributed by atoms with van der Waals surface area (Å²) in [6.45, 7) is 1.23. The lowest BCUT2D eigenvalue weighted by Crippen LogP contribution is -2.36. The van der Waals surface area contributed by atoms with E-state index in [-0.39, 0.29) is 27.9 Å². The molecule has 29 heavy (non-hydrogen) atoms. The molecule has 0 saturated carbocycles. The number of aromatic nitrogens is 1. The fourth-order valence-electron chi connectivity index (χ4n) is 3.34. The molecule has 3 aromatic rings. The summed E-state index contributed by atoms with van der Waals surface area (Å²) in [5.74, 6) is -0.365. The van der Waals surface area contributed by atoms with Crippen LogP contribution in [0.4, 0.5) is 0 Å². The Morgan fingerprint density at radius 2 is 1.90 bits per heavy atom. The van der Waals surface area contributed by atoms with Gasteiger partial charge in [-0.15, -0.1) is 11.3 Å². The van der Waals surface area contributed by atoms with Crippen LogP contribution in [-0.4, -0.2) is 36.7 Å². The smallest absolute Gasteiger partial charge is 0.251 e. The van der Waals surface area contributed by atoms with E-state index in [4.69, 9.17) is 11.6 Å². The summed E-state index contributed by atoms with van der Waals surface area (Å²) in [7, 11) is -3.72. The van der Waals surface area contributed by atoms with Crippen LogP contribution in [0.3, 0.4) is 0 Å². The normalized spacial score (nSPS) is 15.5. The number of carbonyl (C=O) groups excluding carboxylic acids is 1. The minimum Gasteiger partial charge on any atom is -0.346 e. The maximum absolute atomic E-state index is 13.0. The highest BCUT2D eigenvalue weighted by Gasteiger charge is 2.28. The average molecular weight is 450 g/mol. The Morgan fingerprint density at radius 1 is 1.14 bits per heavy atom. The fraction of sp³-hybridized carbons (Fsp3) is 0.300. The van der Waals surface area contributed by atoms with Gasteiger partial charge >= 0.3 is 0 Å². The van der Waals surface area contributed by atoms with Gasteiger partial charge in [-0.25, -0.2) is 13.4 Å². The molecule has 0 bridgehead atoms. The molecule has 1 saturated heterocycles. The maximum Gasteiger partial charge on any atom is 0.251 e. The van der Waals surface area contributed by atoms with E-state index in [2.05, 4.69) is 10.3 Å². The Kier molecular flexibility index (Phi) is 5.87. The number of sulfonamides is 1. The van der Waals surface area contributed by atoms with Crippen molar-refractivity contribution >= 4 is 49.1 Å². The Morgan fingerprint density at radius 3 is 2.66 bits per heavy atom. The van der Waals surface area contributed by atoms with Crippen LogP contribution in [0, 0.1) is 0 Å². The van der Waals surface area contributed by atoms with Gasteiger partial charge in [0.25, 0.3) is 5.91 Å². The Bertz CT molecular complexity index is 1120. The van der Waals surface area contributed by atoms with Crippen molar-refractivity contribution in [2.24, 2.45) is 0 Å². The first-order valence-corrected chi connectivity index (χ1v) is 12.0. The van der Waals surface area contributed by atoms with Gasteiger partial charge in [-0.3, -0.25) is 4.79 Å². The number of fused-ring (bicyclic) bond motifs is 1. The zero-order chi connectivity index (χ0) is 20.4. The highest BCUT2D eigenvalue weighted by atomic mass is 35.5. The summed E-state index contributed by atoms with van der Waals surface area (Å²) >= 11 is 7.69. The molecule has 4 rings (SSSR count). The minimum atomic E-state index is -3.72. The first-order chi connectivity index (χ1) is 13.9. The molecule has 1 aliphatic rings. The number of benzene rings is 2. The van der Waals surface area contributed by atoms with Crippen molar-refractivity contribution in [3.8, 4) is 0 Å². The second-order valence-corrected chi connectivity index (χ2v) is 10.3. The van der Waals surface area contributed by atoms with E-state index in [9.17, 15) is 13.2 Å². The van der Waals surface area contributed by atoms with E-state index >= 15 is 0 Å². The topological polar surface area (TPSA) is 79.4 Å². The van der Waals surface area contributed by atoms with Gasteiger partial charge in [0.2, 0.25) is 10.0 Å². The number of halogens is 1. The number of nitrogens with one attached hydrogen (secondary N) is 1. The lowest BCUT2D eigenvalue weighted by atomic mass is 10.2. The lowest BCUT2D eigenvalue weighted by Gasteiger charge is -2.26. The SMILES string of the molecule is O=C(NCc1nc2ccccc2s1)c1ccc(Cl)c(S(=O)(=O)N2CCCCC2)c1. The molecule has 1 aromatic heterocycles. The van der Waals surface area contributed by atoms with Crippen LogP contribution in [-0.2, 0) is 16.6 Å². The van der Waals surface area contributed by atoms with Gasteiger partial charge in [-0.2, -0.15) is 4.31 Å². The average Bonchev–Trinajstić information content (AvgIpc) is 3.16. The van der Waals surface area contributed by atoms with Gasteiger partial charge in [0.15, 0.2) is 0 Å². The molecule has 2 heterocycles. The van der Waals surface area contributed by atoms with Crippen molar-refractivity contribution in [1.82, 2.24) is 14.6 Å². The molecule has 1 aliphatic heterocycles. The third-order valence-electron chi connectivity index (χ3n) is 4.86. The Balaban J connectivity index is 1.52. The number of hydrogen-bond donors (Lipinski definition) is 1. The van der Waals surface area contributed by atoms with Crippen molar-refractivity contribution in [2.45, 2.75) is 30.7 Å². The number of para-hydroxylation sites is 1. The highest BCUT2D eigenvalue weighted by molar-refractivity contribution is 7.89. The number of carbonyl (C=O) groups is 1. The molecule has 1 fully saturated rings. The summed E-state index contributed by atoms with van der Waals surface area (Å²) in [4.78, 5) is 17.1. The minimum absolute atomic E-state index is 0.0197. The van der Waals surface area contributed by atoms with Gasteiger partial charge < -0.3 is 5.32 Å². The van der Waals surface area contributed by atoms with E-state index < -0.39 is 10.0 Å². The number of hydrogen-bond acceptors (Lipinski definition) is 5. The van der Waals surface area contributed by atoms with Gasteiger partial charge in [0, 0.05) is 18.7 Å². The van der Waals surface area contributed by atoms with E-state index in [0.29, 0.717) is 13.1 Å². The first kappa shape index (κ1) is 20.3. The fourth-order valence-corrected chi connectivity index (χ4v) is 6.26. The number of nitrogens with zero attached hydrogens (tertiary/aromatic N) is 2. The predicted molar refractivity (Wildman–Crippen MR) is 115 cm³/mol. The largest absolute Gasteiger partial charge is 0.346 e. The van der Waals surface area contributed by atoms with Crippen molar-refractivity contribution in [3.05, 3.63) is 58.1 Å². The third kappa shape index (κ3) is 4.30. The monoisotopic (exact) mass is 449 g/mol. The summed E-state index contributed by atoms with van der Waals surface area (Å²) < 4.78 is 28.4. The van der Waals surface area contributed by atoms with Crippen LogP contribution < -0.4 is 5.32 Å². The van der Waals surface area contributed by atoms with Crippen LogP contribution >= 0.6 is 22.9 Å². The molecule has 0 aliphatic carbocycles. The quantitative estimate of drug-likeness (QED) is 0.637. The lowest BCUT2D eigenvalue weighted by molar-refractivity contribution is 0.0950. The number of piperidine rings is 1. The molecule has 9 heteroatoms. The maximum atomic E-state index is 13.0. The second-order valence-electron chi connectivity index (χ2n) is 6.87. The summed E-state index contributed by atoms with van der Waals surface area (Å²) in [5.41, 5.74) is 1.15. The molecular weight excluding hydrogens is 430 g/mol. The molecule has 0 radical (unpaired) electrons. The van der Waals surface area contributed by atoms with Gasteiger partial charge in [0.1, 0.15) is 9.90 Å². The Labute approximate surface area is 178 Å². The molecule has 2 aromatic carbocycles. The zero-order valence-corrected chi connectivity index (χ0v) is 18.0. The first-order valence-electron chi connectivity index (χ1n) is 9.37. The van der Waals surface area contributed by atoms with Gasteiger partial charge in [0.05, 0.1) is 21.8 Å². The molecule has 0 unspecified atom stereocenters. The number of thiazole rings is 1. The van der Waals surface area contributed by atoms with Crippen molar-refractivity contribution in [2.75, 3.05) is 13.1 Å². The van der Waals surface area contributed by atoms with E-state index in [1.165, 1.54) is 33.8 Å². The van der Waals surface area contributed by atoms with Crippen LogP contribution in [0.15, 0.2) is 47.4 Å². The third-order valence-corrected chi connectivity index (χ3v) is 8.28. The molecular formula is C20H20ClN3O3S2. The zero-order valence-electron chi connectivity index (χ0n) is 15.6. The van der Waals surface area contributed by atoms with Crippen LogP contribution in [0.25, 0.3) is 10.2 Å². The predicted octanol–water partition coefficient (Wildman–Crippen LogP) is 4.05. The molecule has 0 spiro atoms. The molecule has 1 amide bonds. The molecule has 0 atom stereocenters.